The minimum absolute atomic E-state index is 0.0816. The van der Waals surface area contributed by atoms with Crippen LogP contribution < -0.4 is 5.32 Å². The van der Waals surface area contributed by atoms with Crippen LogP contribution in [0.2, 0.25) is 5.02 Å². The van der Waals surface area contributed by atoms with Gasteiger partial charge in [-0.1, -0.05) is 23.7 Å². The van der Waals surface area contributed by atoms with Gasteiger partial charge >= 0.3 is 0 Å². The number of aromatic nitrogens is 1. The standard InChI is InChI=1S/C16H10ClN3O2S/c17-12-4-2-1-3-11(12)16-20-13-7-10(5-6-14(13)22-16)19-15(21)8-23-9-18/h1-7H,8H2,(H,19,21). The summed E-state index contributed by atoms with van der Waals surface area (Å²) in [6.45, 7) is 0. The molecule has 1 amide bonds. The van der Waals surface area contributed by atoms with Gasteiger partial charge < -0.3 is 9.73 Å². The molecule has 1 aromatic heterocycles. The van der Waals surface area contributed by atoms with Crippen molar-refractivity contribution in [2.75, 3.05) is 11.1 Å². The van der Waals surface area contributed by atoms with Crippen LogP contribution in [-0.2, 0) is 4.79 Å². The van der Waals surface area contributed by atoms with E-state index >= 15 is 0 Å². The number of halogens is 1. The van der Waals surface area contributed by atoms with Crippen LogP contribution in [0.1, 0.15) is 0 Å². The van der Waals surface area contributed by atoms with Crippen molar-refractivity contribution >= 4 is 46.1 Å². The first kappa shape index (κ1) is 15.4. The van der Waals surface area contributed by atoms with Crippen molar-refractivity contribution in [2.45, 2.75) is 0 Å². The highest BCUT2D eigenvalue weighted by molar-refractivity contribution is 8.04. The summed E-state index contributed by atoms with van der Waals surface area (Å²) < 4.78 is 5.70. The summed E-state index contributed by atoms with van der Waals surface area (Å²) in [4.78, 5) is 16.0. The minimum Gasteiger partial charge on any atom is -0.436 e. The zero-order chi connectivity index (χ0) is 16.2. The molecule has 1 N–H and O–H groups in total. The fourth-order valence-corrected chi connectivity index (χ4v) is 2.53. The molecular weight excluding hydrogens is 334 g/mol. The number of fused-ring (bicyclic) bond motifs is 1. The molecule has 0 fully saturated rings. The Morgan fingerprint density at radius 1 is 1.35 bits per heavy atom. The van der Waals surface area contributed by atoms with E-state index in [2.05, 4.69) is 10.3 Å². The van der Waals surface area contributed by atoms with Crippen molar-refractivity contribution in [3.05, 3.63) is 47.5 Å². The highest BCUT2D eigenvalue weighted by atomic mass is 35.5. The molecule has 114 valence electrons. The van der Waals surface area contributed by atoms with E-state index in [0.717, 1.165) is 11.8 Å². The lowest BCUT2D eigenvalue weighted by Crippen LogP contribution is -2.13. The Kier molecular flexibility index (Phi) is 4.51. The second-order valence-electron chi connectivity index (χ2n) is 4.61. The van der Waals surface area contributed by atoms with E-state index in [1.54, 1.807) is 24.3 Å². The summed E-state index contributed by atoms with van der Waals surface area (Å²) in [5.41, 5.74) is 2.52. The lowest BCUT2D eigenvalue weighted by Gasteiger charge is -2.02. The Bertz CT molecular complexity index is 917. The number of carbonyl (C=O) groups is 1. The molecule has 2 aromatic carbocycles. The molecule has 0 unspecified atom stereocenters. The maximum atomic E-state index is 11.6. The van der Waals surface area contributed by atoms with E-state index in [4.69, 9.17) is 21.3 Å². The van der Waals surface area contributed by atoms with Crippen molar-refractivity contribution < 1.29 is 9.21 Å². The third-order valence-corrected chi connectivity index (χ3v) is 3.91. The normalized spacial score (nSPS) is 10.4. The second-order valence-corrected chi connectivity index (χ2v) is 5.78. The van der Waals surface area contributed by atoms with Gasteiger partial charge in [0.15, 0.2) is 5.58 Å². The molecule has 0 spiro atoms. The van der Waals surface area contributed by atoms with Crippen LogP contribution in [0.25, 0.3) is 22.6 Å². The van der Waals surface area contributed by atoms with Crippen LogP contribution in [0.4, 0.5) is 5.69 Å². The molecule has 0 saturated heterocycles. The minimum atomic E-state index is -0.245. The number of thiocyanates is 1. The second kappa shape index (κ2) is 6.73. The molecule has 5 nitrogen and oxygen atoms in total. The van der Waals surface area contributed by atoms with Gasteiger partial charge in [-0.15, -0.1) is 0 Å². The van der Waals surface area contributed by atoms with E-state index in [1.807, 2.05) is 23.6 Å². The van der Waals surface area contributed by atoms with Crippen LogP contribution in [0.5, 0.6) is 0 Å². The molecular formula is C16H10ClN3O2S. The SMILES string of the molecule is N#CSCC(=O)Nc1ccc2oc(-c3ccccc3Cl)nc2c1. The summed E-state index contributed by atoms with van der Waals surface area (Å²) in [5.74, 6) is 0.262. The van der Waals surface area contributed by atoms with Crippen LogP contribution in [0.3, 0.4) is 0 Å². The largest absolute Gasteiger partial charge is 0.436 e. The van der Waals surface area contributed by atoms with Gasteiger partial charge in [0.05, 0.1) is 16.3 Å². The number of anilines is 1. The number of carbonyl (C=O) groups excluding carboxylic acids is 1. The van der Waals surface area contributed by atoms with E-state index in [-0.39, 0.29) is 11.7 Å². The van der Waals surface area contributed by atoms with E-state index < -0.39 is 0 Å². The van der Waals surface area contributed by atoms with Gasteiger partial charge in [-0.05, 0) is 42.1 Å². The average molecular weight is 344 g/mol. The molecule has 0 atom stereocenters. The molecule has 0 aliphatic heterocycles. The molecule has 3 aromatic rings. The number of rotatable bonds is 4. The van der Waals surface area contributed by atoms with Crippen LogP contribution >= 0.6 is 23.4 Å². The van der Waals surface area contributed by atoms with Crippen LogP contribution in [0.15, 0.2) is 46.9 Å². The fourth-order valence-electron chi connectivity index (χ4n) is 2.05. The number of benzene rings is 2. The highest BCUT2D eigenvalue weighted by Crippen LogP contribution is 2.30. The van der Waals surface area contributed by atoms with Gasteiger partial charge in [0.25, 0.3) is 0 Å². The molecule has 0 aliphatic rings. The molecule has 7 heteroatoms. The zero-order valence-electron chi connectivity index (χ0n) is 11.7. The molecule has 3 rings (SSSR count). The lowest BCUT2D eigenvalue weighted by atomic mass is 10.2. The van der Waals surface area contributed by atoms with Crippen LogP contribution in [0, 0.1) is 10.7 Å². The summed E-state index contributed by atoms with van der Waals surface area (Å²) in [5, 5.41) is 13.6. The van der Waals surface area contributed by atoms with Gasteiger partial charge in [0.1, 0.15) is 10.9 Å². The number of hydrogen-bond donors (Lipinski definition) is 1. The van der Waals surface area contributed by atoms with Crippen molar-refractivity contribution in [3.63, 3.8) is 0 Å². The molecule has 0 radical (unpaired) electrons. The Morgan fingerprint density at radius 3 is 2.96 bits per heavy atom. The molecule has 1 heterocycles. The molecule has 0 aliphatic carbocycles. The maximum Gasteiger partial charge on any atom is 0.235 e. The number of nitrogens with zero attached hydrogens (tertiary/aromatic N) is 2. The van der Waals surface area contributed by atoms with Gasteiger partial charge in [-0.3, -0.25) is 4.79 Å². The quantitative estimate of drug-likeness (QED) is 0.714. The predicted molar refractivity (Wildman–Crippen MR) is 91.2 cm³/mol. The average Bonchev–Trinajstić information content (AvgIpc) is 2.96. The van der Waals surface area contributed by atoms with E-state index in [0.29, 0.717) is 33.3 Å². The Labute approximate surface area is 141 Å². The molecule has 0 bridgehead atoms. The van der Waals surface area contributed by atoms with Crippen LogP contribution in [-0.4, -0.2) is 16.6 Å². The first-order valence-corrected chi connectivity index (χ1v) is 8.00. The van der Waals surface area contributed by atoms with Crippen molar-refractivity contribution in [1.29, 1.82) is 5.26 Å². The summed E-state index contributed by atoms with van der Waals surface area (Å²) in [6, 6.07) is 12.5. The van der Waals surface area contributed by atoms with Crippen molar-refractivity contribution in [2.24, 2.45) is 0 Å². The van der Waals surface area contributed by atoms with Crippen molar-refractivity contribution in [3.8, 4) is 16.9 Å². The van der Waals surface area contributed by atoms with Gasteiger partial charge in [0, 0.05) is 5.69 Å². The number of oxazole rings is 1. The molecule has 23 heavy (non-hydrogen) atoms. The van der Waals surface area contributed by atoms with E-state index in [9.17, 15) is 4.79 Å². The Hall–Kier alpha value is -2.49. The highest BCUT2D eigenvalue weighted by Gasteiger charge is 2.12. The number of hydrogen-bond acceptors (Lipinski definition) is 5. The first-order chi connectivity index (χ1) is 11.2. The summed E-state index contributed by atoms with van der Waals surface area (Å²) in [6.07, 6.45) is 0. The summed E-state index contributed by atoms with van der Waals surface area (Å²) >= 11 is 7.04. The first-order valence-electron chi connectivity index (χ1n) is 6.63. The van der Waals surface area contributed by atoms with Gasteiger partial charge in [-0.2, -0.15) is 5.26 Å². The lowest BCUT2D eigenvalue weighted by molar-refractivity contribution is -0.113. The maximum absolute atomic E-state index is 11.6. The number of amides is 1. The smallest absolute Gasteiger partial charge is 0.235 e. The predicted octanol–water partition coefficient (Wildman–Crippen LogP) is 4.30. The van der Waals surface area contributed by atoms with E-state index in [1.165, 1.54) is 0 Å². The Balaban J connectivity index is 1.88. The third-order valence-electron chi connectivity index (χ3n) is 3.04. The third kappa shape index (κ3) is 3.47. The number of thioether (sulfide) groups is 1. The van der Waals surface area contributed by atoms with Gasteiger partial charge in [0.2, 0.25) is 11.8 Å². The monoisotopic (exact) mass is 343 g/mol. The van der Waals surface area contributed by atoms with Gasteiger partial charge in [-0.25, -0.2) is 4.98 Å². The number of nitrogens with one attached hydrogen (secondary N) is 1. The number of nitriles is 1. The Morgan fingerprint density at radius 2 is 2.17 bits per heavy atom. The topological polar surface area (TPSA) is 78.9 Å². The fraction of sp³-hybridized carbons (Fsp3) is 0.0625. The molecule has 0 saturated carbocycles. The zero-order valence-corrected chi connectivity index (χ0v) is 13.3. The summed E-state index contributed by atoms with van der Waals surface area (Å²) in [7, 11) is 0. The van der Waals surface area contributed by atoms with Crippen molar-refractivity contribution in [1.82, 2.24) is 4.98 Å².